The summed E-state index contributed by atoms with van der Waals surface area (Å²) in [5.41, 5.74) is 0.420. The van der Waals surface area contributed by atoms with Crippen LogP contribution in [0, 0.1) is 6.92 Å². The van der Waals surface area contributed by atoms with Crippen molar-refractivity contribution in [2.24, 2.45) is 0 Å². The van der Waals surface area contributed by atoms with Gasteiger partial charge in [-0.15, -0.1) is 0 Å². The Morgan fingerprint density at radius 3 is 2.80 bits per heavy atom. The Balaban J connectivity index is 2.65. The smallest absolute Gasteiger partial charge is 0.309 e. The molecule has 20 heavy (non-hydrogen) atoms. The van der Waals surface area contributed by atoms with Crippen molar-refractivity contribution in [3.05, 3.63) is 50.9 Å². The number of halogens is 1. The summed E-state index contributed by atoms with van der Waals surface area (Å²) in [6.07, 6.45) is -0.480. The first kappa shape index (κ1) is 14.1. The Labute approximate surface area is 118 Å². The molecule has 1 aromatic heterocycles. The fourth-order valence-electron chi connectivity index (χ4n) is 1.75. The average molecular weight is 295 g/mol. The van der Waals surface area contributed by atoms with Gasteiger partial charge in [0.1, 0.15) is 11.4 Å². The van der Waals surface area contributed by atoms with E-state index in [9.17, 15) is 14.7 Å². The predicted molar refractivity (Wildman–Crippen MR) is 72.6 cm³/mol. The molecule has 2 N–H and O–H groups in total. The summed E-state index contributed by atoms with van der Waals surface area (Å²) in [5.74, 6) is -1.59. The molecule has 0 aliphatic carbocycles. The number of carbonyl (C=O) groups is 1. The number of hydrogen-bond acceptors (Lipinski definition) is 4. The van der Waals surface area contributed by atoms with Crippen LogP contribution in [0.2, 0.25) is 5.02 Å². The standard InChI is InChI=1S/C13H11ClN2O4/c1-7-8(14)3-2-4-10(7)16-12(18)6-11(17)9(15-16)5-13(19)20/h2-4,6,17H,5H2,1H3,(H,19,20). The molecule has 0 unspecified atom stereocenters. The molecule has 0 fully saturated rings. The van der Waals surface area contributed by atoms with Gasteiger partial charge in [0.25, 0.3) is 5.56 Å². The molecule has 0 saturated carbocycles. The molecule has 0 radical (unpaired) electrons. The van der Waals surface area contributed by atoms with Gasteiger partial charge in [-0.2, -0.15) is 9.78 Å². The first-order valence-electron chi connectivity index (χ1n) is 5.69. The van der Waals surface area contributed by atoms with Crippen LogP contribution in [0.3, 0.4) is 0 Å². The fraction of sp³-hybridized carbons (Fsp3) is 0.154. The average Bonchev–Trinajstić information content (AvgIpc) is 2.36. The Morgan fingerprint density at radius 1 is 1.45 bits per heavy atom. The van der Waals surface area contributed by atoms with Crippen LogP contribution in [0.5, 0.6) is 5.75 Å². The molecule has 0 amide bonds. The second-order valence-electron chi connectivity index (χ2n) is 4.18. The number of benzene rings is 1. The van der Waals surface area contributed by atoms with Crippen molar-refractivity contribution < 1.29 is 15.0 Å². The molecule has 0 aliphatic rings. The number of carboxylic acids is 1. The van der Waals surface area contributed by atoms with Crippen LogP contribution >= 0.6 is 11.6 Å². The number of aliphatic carboxylic acids is 1. The Kier molecular flexibility index (Phi) is 3.76. The number of aromatic hydroxyl groups is 1. The molecule has 1 heterocycles. The summed E-state index contributed by atoms with van der Waals surface area (Å²) < 4.78 is 1.03. The highest BCUT2D eigenvalue weighted by Gasteiger charge is 2.14. The molecule has 6 nitrogen and oxygen atoms in total. The fourth-order valence-corrected chi connectivity index (χ4v) is 1.92. The minimum absolute atomic E-state index is 0.0866. The summed E-state index contributed by atoms with van der Waals surface area (Å²) in [7, 11) is 0. The maximum Gasteiger partial charge on any atom is 0.309 e. The molecular formula is C13H11ClN2O4. The number of aromatic nitrogens is 2. The van der Waals surface area contributed by atoms with Crippen LogP contribution in [0.15, 0.2) is 29.1 Å². The SMILES string of the molecule is Cc1c(Cl)cccc1-n1nc(CC(=O)O)c(O)cc1=O. The molecule has 0 aliphatic heterocycles. The summed E-state index contributed by atoms with van der Waals surface area (Å²) in [6.45, 7) is 1.72. The highest BCUT2D eigenvalue weighted by Crippen LogP contribution is 2.21. The van der Waals surface area contributed by atoms with Crippen molar-refractivity contribution in [1.29, 1.82) is 0 Å². The van der Waals surface area contributed by atoms with E-state index in [0.717, 1.165) is 10.7 Å². The molecule has 1 aromatic carbocycles. The van der Waals surface area contributed by atoms with Crippen LogP contribution in [0.4, 0.5) is 0 Å². The van der Waals surface area contributed by atoms with E-state index in [1.807, 2.05) is 0 Å². The van der Waals surface area contributed by atoms with Gasteiger partial charge in [-0.05, 0) is 24.6 Å². The van der Waals surface area contributed by atoms with Crippen molar-refractivity contribution in [3.63, 3.8) is 0 Å². The van der Waals surface area contributed by atoms with Gasteiger partial charge in [-0.25, -0.2) is 0 Å². The third kappa shape index (κ3) is 2.65. The van der Waals surface area contributed by atoms with Crippen LogP contribution in [-0.4, -0.2) is 26.0 Å². The second-order valence-corrected chi connectivity index (χ2v) is 4.59. The van der Waals surface area contributed by atoms with Gasteiger partial charge in [0.15, 0.2) is 0 Å². The lowest BCUT2D eigenvalue weighted by molar-refractivity contribution is -0.136. The summed E-state index contributed by atoms with van der Waals surface area (Å²) in [4.78, 5) is 22.6. The minimum Gasteiger partial charge on any atom is -0.506 e. The van der Waals surface area contributed by atoms with Gasteiger partial charge < -0.3 is 10.2 Å². The van der Waals surface area contributed by atoms with E-state index in [1.165, 1.54) is 0 Å². The summed E-state index contributed by atoms with van der Waals surface area (Å²) in [6, 6.07) is 5.90. The van der Waals surface area contributed by atoms with E-state index in [0.29, 0.717) is 16.3 Å². The van der Waals surface area contributed by atoms with Crippen LogP contribution in [0.25, 0.3) is 5.69 Å². The topological polar surface area (TPSA) is 92.4 Å². The van der Waals surface area contributed by atoms with E-state index in [2.05, 4.69) is 5.10 Å². The zero-order valence-corrected chi connectivity index (χ0v) is 11.3. The molecule has 2 aromatic rings. The van der Waals surface area contributed by atoms with Gasteiger partial charge in [0.05, 0.1) is 12.1 Å². The second kappa shape index (κ2) is 5.34. The minimum atomic E-state index is -1.15. The summed E-state index contributed by atoms with van der Waals surface area (Å²) >= 11 is 5.98. The Morgan fingerprint density at radius 2 is 2.15 bits per heavy atom. The Bertz CT molecular complexity index is 740. The van der Waals surface area contributed by atoms with Crippen molar-refractivity contribution in [3.8, 4) is 11.4 Å². The number of rotatable bonds is 3. The van der Waals surface area contributed by atoms with Crippen molar-refractivity contribution in [2.45, 2.75) is 13.3 Å². The lowest BCUT2D eigenvalue weighted by Gasteiger charge is -2.11. The molecule has 7 heteroatoms. The quantitative estimate of drug-likeness (QED) is 0.895. The molecule has 2 rings (SSSR count). The van der Waals surface area contributed by atoms with Crippen molar-refractivity contribution in [2.75, 3.05) is 0 Å². The van der Waals surface area contributed by atoms with Crippen LogP contribution in [-0.2, 0) is 11.2 Å². The van der Waals surface area contributed by atoms with Crippen molar-refractivity contribution >= 4 is 17.6 Å². The Hall–Kier alpha value is -2.34. The van der Waals surface area contributed by atoms with Gasteiger partial charge >= 0.3 is 5.97 Å². The number of carboxylic acid groups (broad SMARTS) is 1. The number of hydrogen-bond donors (Lipinski definition) is 2. The molecule has 0 atom stereocenters. The zero-order valence-electron chi connectivity index (χ0n) is 10.5. The first-order chi connectivity index (χ1) is 9.40. The lowest BCUT2D eigenvalue weighted by atomic mass is 10.2. The van der Waals surface area contributed by atoms with Crippen LogP contribution < -0.4 is 5.56 Å². The highest BCUT2D eigenvalue weighted by atomic mass is 35.5. The van der Waals surface area contributed by atoms with Gasteiger partial charge in [0, 0.05) is 11.1 Å². The predicted octanol–water partition coefficient (Wildman–Crippen LogP) is 1.53. The largest absolute Gasteiger partial charge is 0.506 e. The monoisotopic (exact) mass is 294 g/mol. The maximum absolute atomic E-state index is 11.9. The van der Waals surface area contributed by atoms with Crippen LogP contribution in [0.1, 0.15) is 11.3 Å². The van der Waals surface area contributed by atoms with E-state index in [-0.39, 0.29) is 5.69 Å². The van der Waals surface area contributed by atoms with E-state index in [4.69, 9.17) is 16.7 Å². The molecular weight excluding hydrogens is 284 g/mol. The highest BCUT2D eigenvalue weighted by molar-refractivity contribution is 6.31. The molecule has 104 valence electrons. The zero-order chi connectivity index (χ0) is 14.9. The normalized spacial score (nSPS) is 10.5. The van der Waals surface area contributed by atoms with E-state index in [1.54, 1.807) is 25.1 Å². The van der Waals surface area contributed by atoms with E-state index >= 15 is 0 Å². The first-order valence-corrected chi connectivity index (χ1v) is 6.07. The van der Waals surface area contributed by atoms with Crippen molar-refractivity contribution in [1.82, 2.24) is 9.78 Å². The molecule has 0 spiro atoms. The third-order valence-electron chi connectivity index (χ3n) is 2.77. The summed E-state index contributed by atoms with van der Waals surface area (Å²) in [5, 5.41) is 22.7. The van der Waals surface area contributed by atoms with Gasteiger partial charge in [-0.1, -0.05) is 17.7 Å². The third-order valence-corrected chi connectivity index (χ3v) is 3.18. The molecule has 0 bridgehead atoms. The molecule has 0 saturated heterocycles. The lowest BCUT2D eigenvalue weighted by Crippen LogP contribution is -2.23. The van der Waals surface area contributed by atoms with E-state index < -0.39 is 23.7 Å². The maximum atomic E-state index is 11.9. The number of nitrogens with zero attached hydrogens (tertiary/aromatic N) is 2. The van der Waals surface area contributed by atoms with Gasteiger partial charge in [-0.3, -0.25) is 9.59 Å². The van der Waals surface area contributed by atoms with Gasteiger partial charge in [0.2, 0.25) is 0 Å².